The third-order valence-corrected chi connectivity index (χ3v) is 2.79. The maximum atomic E-state index is 12.0. The highest BCUT2D eigenvalue weighted by molar-refractivity contribution is 5.92. The van der Waals surface area contributed by atoms with E-state index in [0.717, 1.165) is 16.5 Å². The zero-order valence-corrected chi connectivity index (χ0v) is 11.8. The van der Waals surface area contributed by atoms with Crippen LogP contribution < -0.4 is 4.90 Å². The lowest BCUT2D eigenvalue weighted by atomic mass is 10.1. The van der Waals surface area contributed by atoms with Crippen LogP contribution in [0.3, 0.4) is 0 Å². The molecule has 0 radical (unpaired) electrons. The second-order valence-electron chi connectivity index (χ2n) is 5.57. The Bertz CT molecular complexity index is 599. The van der Waals surface area contributed by atoms with E-state index < -0.39 is 5.60 Å². The summed E-state index contributed by atoms with van der Waals surface area (Å²) in [6.45, 7) is 5.58. The van der Waals surface area contributed by atoms with Crippen LogP contribution in [0.25, 0.3) is 10.8 Å². The van der Waals surface area contributed by atoms with Gasteiger partial charge in [0.1, 0.15) is 5.60 Å². The van der Waals surface area contributed by atoms with E-state index in [4.69, 9.17) is 4.74 Å². The predicted molar refractivity (Wildman–Crippen MR) is 78.6 cm³/mol. The Morgan fingerprint density at radius 2 is 1.68 bits per heavy atom. The van der Waals surface area contributed by atoms with Crippen molar-refractivity contribution in [3.63, 3.8) is 0 Å². The fourth-order valence-corrected chi connectivity index (χ4v) is 1.82. The molecular weight excluding hydrogens is 238 g/mol. The normalized spacial score (nSPS) is 11.4. The SMILES string of the molecule is CN(C(=O)OC(C)(C)C)c1ccc2ccccc2c1. The predicted octanol–water partition coefficient (Wildman–Crippen LogP) is 4.21. The Morgan fingerprint density at radius 3 is 2.32 bits per heavy atom. The maximum absolute atomic E-state index is 12.0. The Hall–Kier alpha value is -2.03. The molecule has 0 heterocycles. The van der Waals surface area contributed by atoms with Crippen molar-refractivity contribution in [2.24, 2.45) is 0 Å². The average Bonchev–Trinajstić information content (AvgIpc) is 2.35. The molecule has 0 unspecified atom stereocenters. The first-order valence-corrected chi connectivity index (χ1v) is 6.32. The van der Waals surface area contributed by atoms with Gasteiger partial charge in [-0.3, -0.25) is 4.90 Å². The van der Waals surface area contributed by atoms with Crippen LogP contribution in [0.5, 0.6) is 0 Å². The van der Waals surface area contributed by atoms with Crippen LogP contribution in [0, 0.1) is 0 Å². The van der Waals surface area contributed by atoms with Crippen LogP contribution in [0.1, 0.15) is 20.8 Å². The van der Waals surface area contributed by atoms with Crippen molar-refractivity contribution in [3.05, 3.63) is 42.5 Å². The van der Waals surface area contributed by atoms with Gasteiger partial charge in [0.25, 0.3) is 0 Å². The number of hydrogen-bond acceptors (Lipinski definition) is 2. The van der Waals surface area contributed by atoms with E-state index in [-0.39, 0.29) is 6.09 Å². The van der Waals surface area contributed by atoms with E-state index >= 15 is 0 Å². The molecule has 100 valence electrons. The maximum Gasteiger partial charge on any atom is 0.414 e. The molecule has 0 spiro atoms. The van der Waals surface area contributed by atoms with Gasteiger partial charge in [0.2, 0.25) is 0 Å². The summed E-state index contributed by atoms with van der Waals surface area (Å²) < 4.78 is 5.35. The number of nitrogens with zero attached hydrogens (tertiary/aromatic N) is 1. The highest BCUT2D eigenvalue weighted by Gasteiger charge is 2.20. The highest BCUT2D eigenvalue weighted by Crippen LogP contribution is 2.22. The van der Waals surface area contributed by atoms with Gasteiger partial charge in [-0.05, 0) is 43.7 Å². The number of carbonyl (C=O) groups is 1. The zero-order valence-electron chi connectivity index (χ0n) is 11.8. The van der Waals surface area contributed by atoms with E-state index in [0.29, 0.717) is 0 Å². The van der Waals surface area contributed by atoms with Crippen molar-refractivity contribution in [2.75, 3.05) is 11.9 Å². The molecule has 0 atom stereocenters. The molecule has 1 amide bonds. The molecule has 2 aromatic carbocycles. The van der Waals surface area contributed by atoms with E-state index in [1.165, 1.54) is 4.90 Å². The van der Waals surface area contributed by atoms with Gasteiger partial charge in [0.15, 0.2) is 0 Å². The fraction of sp³-hybridized carbons (Fsp3) is 0.312. The summed E-state index contributed by atoms with van der Waals surface area (Å²) in [5.41, 5.74) is 0.343. The zero-order chi connectivity index (χ0) is 14.0. The van der Waals surface area contributed by atoms with Gasteiger partial charge in [-0.25, -0.2) is 4.79 Å². The summed E-state index contributed by atoms with van der Waals surface area (Å²) in [5, 5.41) is 2.26. The second kappa shape index (κ2) is 4.92. The molecule has 0 N–H and O–H groups in total. The van der Waals surface area contributed by atoms with Crippen LogP contribution in [-0.4, -0.2) is 18.7 Å². The van der Waals surface area contributed by atoms with Gasteiger partial charge in [0.05, 0.1) is 0 Å². The molecule has 3 nitrogen and oxygen atoms in total. The lowest BCUT2D eigenvalue weighted by Crippen LogP contribution is -2.34. The van der Waals surface area contributed by atoms with Crippen molar-refractivity contribution in [2.45, 2.75) is 26.4 Å². The number of hydrogen-bond donors (Lipinski definition) is 0. The minimum Gasteiger partial charge on any atom is -0.443 e. The molecule has 3 heteroatoms. The minimum absolute atomic E-state index is 0.345. The minimum atomic E-state index is -0.484. The van der Waals surface area contributed by atoms with Crippen LogP contribution in [0.2, 0.25) is 0 Å². The largest absolute Gasteiger partial charge is 0.443 e. The Kier molecular flexibility index (Phi) is 3.47. The van der Waals surface area contributed by atoms with Crippen molar-refractivity contribution >= 4 is 22.6 Å². The molecule has 2 rings (SSSR count). The Labute approximate surface area is 113 Å². The summed E-state index contributed by atoms with van der Waals surface area (Å²) in [5.74, 6) is 0. The number of benzene rings is 2. The van der Waals surface area contributed by atoms with Crippen LogP contribution >= 0.6 is 0 Å². The number of fused-ring (bicyclic) bond motifs is 1. The number of anilines is 1. The van der Waals surface area contributed by atoms with Crippen molar-refractivity contribution in [1.29, 1.82) is 0 Å². The van der Waals surface area contributed by atoms with Gasteiger partial charge in [-0.15, -0.1) is 0 Å². The molecular formula is C16H19NO2. The smallest absolute Gasteiger partial charge is 0.414 e. The molecule has 0 aromatic heterocycles. The third-order valence-electron chi connectivity index (χ3n) is 2.79. The molecule has 2 aromatic rings. The lowest BCUT2D eigenvalue weighted by molar-refractivity contribution is 0.0589. The topological polar surface area (TPSA) is 29.5 Å². The second-order valence-corrected chi connectivity index (χ2v) is 5.57. The fourth-order valence-electron chi connectivity index (χ4n) is 1.82. The van der Waals surface area contributed by atoms with Crippen molar-refractivity contribution in [1.82, 2.24) is 0 Å². The molecule has 0 aliphatic rings. The summed E-state index contributed by atoms with van der Waals surface area (Å²) in [6, 6.07) is 14.0. The molecule has 0 fully saturated rings. The van der Waals surface area contributed by atoms with Gasteiger partial charge in [0, 0.05) is 12.7 Å². The summed E-state index contributed by atoms with van der Waals surface area (Å²) in [4.78, 5) is 13.5. The summed E-state index contributed by atoms with van der Waals surface area (Å²) in [6.07, 6.45) is -0.345. The van der Waals surface area contributed by atoms with E-state index in [1.54, 1.807) is 7.05 Å². The number of rotatable bonds is 1. The quantitative estimate of drug-likeness (QED) is 0.765. The molecule has 19 heavy (non-hydrogen) atoms. The lowest BCUT2D eigenvalue weighted by Gasteiger charge is -2.24. The van der Waals surface area contributed by atoms with Gasteiger partial charge in [-0.1, -0.05) is 30.3 Å². The number of ether oxygens (including phenoxy) is 1. The van der Waals surface area contributed by atoms with Crippen LogP contribution in [-0.2, 0) is 4.74 Å². The van der Waals surface area contributed by atoms with Gasteiger partial charge in [-0.2, -0.15) is 0 Å². The van der Waals surface area contributed by atoms with Gasteiger partial charge >= 0.3 is 6.09 Å². The molecule has 0 saturated carbocycles. The molecule has 0 saturated heterocycles. The Balaban J connectivity index is 2.26. The first kappa shape index (κ1) is 13.4. The number of amides is 1. The van der Waals surface area contributed by atoms with Crippen LogP contribution in [0.15, 0.2) is 42.5 Å². The van der Waals surface area contributed by atoms with Gasteiger partial charge < -0.3 is 4.74 Å². The molecule has 0 bridgehead atoms. The molecule has 0 aliphatic heterocycles. The van der Waals surface area contributed by atoms with E-state index in [2.05, 4.69) is 0 Å². The first-order valence-electron chi connectivity index (χ1n) is 6.32. The van der Waals surface area contributed by atoms with E-state index in [1.807, 2.05) is 63.2 Å². The number of carbonyl (C=O) groups excluding carboxylic acids is 1. The summed E-state index contributed by atoms with van der Waals surface area (Å²) >= 11 is 0. The first-order chi connectivity index (χ1) is 8.87. The Morgan fingerprint density at radius 1 is 1.05 bits per heavy atom. The average molecular weight is 257 g/mol. The van der Waals surface area contributed by atoms with Crippen molar-refractivity contribution < 1.29 is 9.53 Å². The van der Waals surface area contributed by atoms with E-state index in [9.17, 15) is 4.79 Å². The summed E-state index contributed by atoms with van der Waals surface area (Å²) in [7, 11) is 1.72. The highest BCUT2D eigenvalue weighted by atomic mass is 16.6. The molecule has 0 aliphatic carbocycles. The van der Waals surface area contributed by atoms with Crippen LogP contribution in [0.4, 0.5) is 10.5 Å². The van der Waals surface area contributed by atoms with Crippen molar-refractivity contribution in [3.8, 4) is 0 Å². The standard InChI is InChI=1S/C16H19NO2/c1-16(2,3)19-15(18)17(4)14-10-9-12-7-5-6-8-13(12)11-14/h5-11H,1-4H3. The monoisotopic (exact) mass is 257 g/mol. The third kappa shape index (κ3) is 3.25.